The quantitative estimate of drug-likeness (QED) is 0.506. The molecule has 74 valence electrons. The Bertz CT molecular complexity index is 289. The van der Waals surface area contributed by atoms with E-state index in [0.717, 1.165) is 11.9 Å². The van der Waals surface area contributed by atoms with Crippen LogP contribution in [0.2, 0.25) is 0 Å². The van der Waals surface area contributed by atoms with Crippen molar-refractivity contribution in [2.45, 2.75) is 19.3 Å². The molecule has 0 aromatic carbocycles. The molecular formula is C9H14O3S. The van der Waals surface area contributed by atoms with Crippen molar-refractivity contribution in [3.63, 3.8) is 0 Å². The second-order valence-corrected chi connectivity index (χ2v) is 5.76. The number of hydrogen-bond donors (Lipinski definition) is 0. The van der Waals surface area contributed by atoms with Gasteiger partial charge in [-0.15, -0.1) is 0 Å². The number of carbonyl (C=O) groups excluding carboxylic acids is 1. The highest BCUT2D eigenvalue weighted by Gasteiger charge is 2.24. The van der Waals surface area contributed by atoms with Gasteiger partial charge in [-0.1, -0.05) is 12.2 Å². The molecule has 1 rings (SSSR count). The summed E-state index contributed by atoms with van der Waals surface area (Å²) in [6.45, 7) is 3.79. The van der Waals surface area contributed by atoms with Crippen LogP contribution in [-0.4, -0.2) is 26.2 Å². The SMILES string of the molecule is C=C(CC=O)C1CCS(=O)(=O)CC1. The largest absolute Gasteiger partial charge is 0.303 e. The first-order valence-electron chi connectivity index (χ1n) is 4.37. The van der Waals surface area contributed by atoms with Crippen LogP contribution in [0, 0.1) is 5.92 Å². The Balaban J connectivity index is 2.50. The topological polar surface area (TPSA) is 51.2 Å². The molecule has 0 bridgehead atoms. The van der Waals surface area contributed by atoms with Gasteiger partial charge >= 0.3 is 0 Å². The van der Waals surface area contributed by atoms with E-state index in [1.54, 1.807) is 0 Å². The summed E-state index contributed by atoms with van der Waals surface area (Å²) in [6, 6.07) is 0. The van der Waals surface area contributed by atoms with Gasteiger partial charge in [0.15, 0.2) is 0 Å². The Morgan fingerprint density at radius 2 is 1.92 bits per heavy atom. The molecule has 0 saturated carbocycles. The predicted octanol–water partition coefficient (Wildman–Crippen LogP) is 0.956. The zero-order chi connectivity index (χ0) is 9.90. The van der Waals surface area contributed by atoms with Crippen LogP contribution in [-0.2, 0) is 14.6 Å². The van der Waals surface area contributed by atoms with E-state index in [-0.39, 0.29) is 17.4 Å². The molecule has 0 radical (unpaired) electrons. The van der Waals surface area contributed by atoms with Gasteiger partial charge in [-0.05, 0) is 18.8 Å². The van der Waals surface area contributed by atoms with E-state index in [1.807, 2.05) is 0 Å². The van der Waals surface area contributed by atoms with E-state index in [0.29, 0.717) is 19.3 Å². The molecular weight excluding hydrogens is 188 g/mol. The van der Waals surface area contributed by atoms with E-state index in [9.17, 15) is 13.2 Å². The Morgan fingerprint density at radius 1 is 1.38 bits per heavy atom. The van der Waals surface area contributed by atoms with Crippen LogP contribution in [0.1, 0.15) is 19.3 Å². The third-order valence-electron chi connectivity index (χ3n) is 2.48. The van der Waals surface area contributed by atoms with E-state index >= 15 is 0 Å². The lowest BCUT2D eigenvalue weighted by molar-refractivity contribution is -0.107. The molecule has 3 nitrogen and oxygen atoms in total. The number of sulfone groups is 1. The van der Waals surface area contributed by atoms with Gasteiger partial charge in [-0.2, -0.15) is 0 Å². The zero-order valence-corrected chi connectivity index (χ0v) is 8.35. The third-order valence-corrected chi connectivity index (χ3v) is 4.19. The van der Waals surface area contributed by atoms with Crippen LogP contribution in [0.5, 0.6) is 0 Å². The molecule has 1 fully saturated rings. The summed E-state index contributed by atoms with van der Waals surface area (Å²) in [5.41, 5.74) is 0.880. The van der Waals surface area contributed by atoms with Crippen molar-refractivity contribution in [3.8, 4) is 0 Å². The molecule has 0 atom stereocenters. The minimum Gasteiger partial charge on any atom is -0.303 e. The van der Waals surface area contributed by atoms with Gasteiger partial charge in [0.2, 0.25) is 0 Å². The number of aldehydes is 1. The summed E-state index contributed by atoms with van der Waals surface area (Å²) in [5, 5.41) is 0. The number of allylic oxidation sites excluding steroid dienone is 1. The van der Waals surface area contributed by atoms with Gasteiger partial charge in [0.1, 0.15) is 16.1 Å². The summed E-state index contributed by atoms with van der Waals surface area (Å²) in [7, 11) is -2.79. The Kier molecular flexibility index (Phi) is 3.25. The van der Waals surface area contributed by atoms with Crippen molar-refractivity contribution in [1.82, 2.24) is 0 Å². The first kappa shape index (κ1) is 10.4. The average molecular weight is 202 g/mol. The molecule has 1 aliphatic rings. The predicted molar refractivity (Wildman–Crippen MR) is 51.2 cm³/mol. The van der Waals surface area contributed by atoms with Crippen LogP contribution in [0.4, 0.5) is 0 Å². The molecule has 0 amide bonds. The third kappa shape index (κ3) is 2.95. The van der Waals surface area contributed by atoms with Gasteiger partial charge < -0.3 is 4.79 Å². The molecule has 13 heavy (non-hydrogen) atoms. The first-order chi connectivity index (χ1) is 6.05. The maximum atomic E-state index is 11.1. The fourth-order valence-electron chi connectivity index (χ4n) is 1.57. The smallest absolute Gasteiger partial charge is 0.150 e. The molecule has 0 N–H and O–H groups in total. The molecule has 0 spiro atoms. The normalized spacial score (nSPS) is 22.5. The molecule has 0 unspecified atom stereocenters. The van der Waals surface area contributed by atoms with E-state index < -0.39 is 9.84 Å². The van der Waals surface area contributed by atoms with Gasteiger partial charge in [0, 0.05) is 6.42 Å². The van der Waals surface area contributed by atoms with Crippen molar-refractivity contribution in [3.05, 3.63) is 12.2 Å². The number of hydrogen-bond acceptors (Lipinski definition) is 3. The van der Waals surface area contributed by atoms with Crippen LogP contribution < -0.4 is 0 Å². The van der Waals surface area contributed by atoms with Crippen LogP contribution in [0.25, 0.3) is 0 Å². The number of carbonyl (C=O) groups is 1. The Hall–Kier alpha value is -0.640. The Labute approximate surface area is 78.8 Å². The number of rotatable bonds is 3. The summed E-state index contributed by atoms with van der Waals surface area (Å²) in [4.78, 5) is 10.2. The zero-order valence-electron chi connectivity index (χ0n) is 7.53. The van der Waals surface area contributed by atoms with Crippen LogP contribution in [0.3, 0.4) is 0 Å². The van der Waals surface area contributed by atoms with Crippen molar-refractivity contribution in [2.24, 2.45) is 5.92 Å². The van der Waals surface area contributed by atoms with Crippen molar-refractivity contribution >= 4 is 16.1 Å². The summed E-state index contributed by atoms with van der Waals surface area (Å²) in [5.74, 6) is 0.721. The van der Waals surface area contributed by atoms with Gasteiger partial charge in [0.25, 0.3) is 0 Å². The average Bonchev–Trinajstić information content (AvgIpc) is 2.04. The molecule has 4 heteroatoms. The van der Waals surface area contributed by atoms with Crippen molar-refractivity contribution in [1.29, 1.82) is 0 Å². The maximum Gasteiger partial charge on any atom is 0.150 e. The highest BCUT2D eigenvalue weighted by Crippen LogP contribution is 2.25. The van der Waals surface area contributed by atoms with Gasteiger partial charge in [-0.25, -0.2) is 8.42 Å². The van der Waals surface area contributed by atoms with E-state index in [2.05, 4.69) is 6.58 Å². The Morgan fingerprint density at radius 3 is 2.38 bits per heavy atom. The molecule has 0 aliphatic carbocycles. The standard InChI is InChI=1S/C9H14O3S/c1-8(2-5-10)9-3-6-13(11,12)7-4-9/h5,9H,1-4,6-7H2. The molecule has 0 aromatic rings. The lowest BCUT2D eigenvalue weighted by Crippen LogP contribution is -2.24. The summed E-state index contributed by atoms with van der Waals surface area (Å²) >= 11 is 0. The fraction of sp³-hybridized carbons (Fsp3) is 0.667. The lowest BCUT2D eigenvalue weighted by atomic mass is 9.93. The molecule has 1 heterocycles. The minimum atomic E-state index is -2.79. The van der Waals surface area contributed by atoms with Crippen molar-refractivity contribution in [2.75, 3.05) is 11.5 Å². The van der Waals surface area contributed by atoms with E-state index in [4.69, 9.17) is 0 Å². The molecule has 0 aromatic heterocycles. The van der Waals surface area contributed by atoms with Crippen LogP contribution >= 0.6 is 0 Å². The van der Waals surface area contributed by atoms with Gasteiger partial charge in [-0.3, -0.25) is 0 Å². The second kappa shape index (κ2) is 4.05. The van der Waals surface area contributed by atoms with E-state index in [1.165, 1.54) is 0 Å². The van der Waals surface area contributed by atoms with Crippen molar-refractivity contribution < 1.29 is 13.2 Å². The van der Waals surface area contributed by atoms with Crippen LogP contribution in [0.15, 0.2) is 12.2 Å². The first-order valence-corrected chi connectivity index (χ1v) is 6.19. The fourth-order valence-corrected chi connectivity index (χ4v) is 3.06. The molecule has 1 aliphatic heterocycles. The summed E-state index contributed by atoms with van der Waals surface area (Å²) < 4.78 is 22.2. The summed E-state index contributed by atoms with van der Waals surface area (Å²) in [6.07, 6.45) is 2.46. The monoisotopic (exact) mass is 202 g/mol. The second-order valence-electron chi connectivity index (χ2n) is 3.46. The highest BCUT2D eigenvalue weighted by atomic mass is 32.2. The minimum absolute atomic E-state index is 0.230. The highest BCUT2D eigenvalue weighted by molar-refractivity contribution is 7.91. The lowest BCUT2D eigenvalue weighted by Gasteiger charge is -2.22. The molecule has 1 saturated heterocycles. The maximum absolute atomic E-state index is 11.1. The van der Waals surface area contributed by atoms with Gasteiger partial charge in [0.05, 0.1) is 11.5 Å².